The molecule has 2 N–H and O–H groups in total. The van der Waals surface area contributed by atoms with Gasteiger partial charge in [-0.2, -0.15) is 0 Å². The van der Waals surface area contributed by atoms with Crippen LogP contribution < -0.4 is 5.32 Å². The first kappa shape index (κ1) is 18.3. The average molecular weight is 332 g/mol. The molecule has 132 valence electrons. The maximum Gasteiger partial charge on any atom is 0.222 e. The van der Waals surface area contributed by atoms with Crippen molar-refractivity contribution in [1.29, 1.82) is 0 Å². The Balaban J connectivity index is 1.77. The number of hydrogen-bond acceptors (Lipinski definition) is 3. The molecule has 1 aromatic rings. The number of para-hydroxylation sites is 1. The highest BCUT2D eigenvalue weighted by Gasteiger charge is 2.23. The third kappa shape index (κ3) is 5.55. The number of nitrogens with one attached hydrogen (secondary N) is 1. The fourth-order valence-electron chi connectivity index (χ4n) is 3.15. The summed E-state index contributed by atoms with van der Waals surface area (Å²) in [5.41, 5.74) is 0.811. The first-order valence-corrected chi connectivity index (χ1v) is 8.91. The first-order chi connectivity index (χ1) is 11.6. The number of amides is 2. The number of piperidine rings is 1. The summed E-state index contributed by atoms with van der Waals surface area (Å²) in [5, 5.41) is 12.7. The number of carbonyl (C=O) groups excluding carboxylic acids is 2. The summed E-state index contributed by atoms with van der Waals surface area (Å²) in [6, 6.07) is 7.15. The van der Waals surface area contributed by atoms with Gasteiger partial charge >= 0.3 is 0 Å². The summed E-state index contributed by atoms with van der Waals surface area (Å²) >= 11 is 0. The monoisotopic (exact) mass is 332 g/mol. The van der Waals surface area contributed by atoms with Crippen LogP contribution in [0, 0.1) is 5.92 Å². The summed E-state index contributed by atoms with van der Waals surface area (Å²) in [5.74, 6) is 0.817. The van der Waals surface area contributed by atoms with Crippen molar-refractivity contribution in [3.8, 4) is 5.75 Å². The van der Waals surface area contributed by atoms with Crippen LogP contribution in [-0.2, 0) is 16.0 Å². The molecule has 0 radical (unpaired) electrons. The minimum Gasteiger partial charge on any atom is -0.508 e. The van der Waals surface area contributed by atoms with Crippen LogP contribution in [-0.4, -0.2) is 41.5 Å². The summed E-state index contributed by atoms with van der Waals surface area (Å²) in [7, 11) is 0. The predicted octanol–water partition coefficient (Wildman–Crippen LogP) is 2.48. The molecular formula is C19H28N2O3. The SMILES string of the molecule is CCCC(=O)NC[C@H]1CCCN(C(=O)CCc2ccccc2O)C1. The van der Waals surface area contributed by atoms with E-state index in [0.717, 1.165) is 31.4 Å². The highest BCUT2D eigenvalue weighted by molar-refractivity contribution is 5.77. The maximum absolute atomic E-state index is 12.4. The maximum atomic E-state index is 12.4. The van der Waals surface area contributed by atoms with E-state index in [1.165, 1.54) is 0 Å². The van der Waals surface area contributed by atoms with E-state index in [0.29, 0.717) is 38.3 Å². The Morgan fingerprint density at radius 3 is 2.83 bits per heavy atom. The van der Waals surface area contributed by atoms with Crippen LogP contribution in [0.5, 0.6) is 5.75 Å². The molecule has 0 unspecified atom stereocenters. The molecule has 24 heavy (non-hydrogen) atoms. The van der Waals surface area contributed by atoms with Crippen molar-refractivity contribution in [2.75, 3.05) is 19.6 Å². The number of likely N-dealkylation sites (tertiary alicyclic amines) is 1. The number of phenolic OH excluding ortho intramolecular Hbond substituents is 1. The Hall–Kier alpha value is -2.04. The van der Waals surface area contributed by atoms with E-state index in [1.807, 2.05) is 24.0 Å². The Kier molecular flexibility index (Phi) is 7.09. The van der Waals surface area contributed by atoms with Crippen molar-refractivity contribution < 1.29 is 14.7 Å². The van der Waals surface area contributed by atoms with Crippen molar-refractivity contribution in [2.24, 2.45) is 5.92 Å². The molecule has 0 spiro atoms. The van der Waals surface area contributed by atoms with Gasteiger partial charge in [-0.25, -0.2) is 0 Å². The minimum absolute atomic E-state index is 0.0977. The third-order valence-electron chi connectivity index (χ3n) is 4.54. The van der Waals surface area contributed by atoms with Gasteiger partial charge in [-0.1, -0.05) is 25.1 Å². The highest BCUT2D eigenvalue weighted by Crippen LogP contribution is 2.20. The largest absolute Gasteiger partial charge is 0.508 e. The lowest BCUT2D eigenvalue weighted by molar-refractivity contribution is -0.132. The van der Waals surface area contributed by atoms with Gasteiger partial charge in [-0.15, -0.1) is 0 Å². The molecule has 0 aliphatic carbocycles. The predicted molar refractivity (Wildman–Crippen MR) is 93.6 cm³/mol. The molecule has 0 saturated carbocycles. The molecular weight excluding hydrogens is 304 g/mol. The van der Waals surface area contributed by atoms with Gasteiger partial charge in [0.25, 0.3) is 0 Å². The van der Waals surface area contributed by atoms with Crippen molar-refractivity contribution in [2.45, 2.75) is 45.4 Å². The number of aryl methyl sites for hydroxylation is 1. The molecule has 0 bridgehead atoms. The number of carbonyl (C=O) groups is 2. The molecule has 0 aromatic heterocycles. The summed E-state index contributed by atoms with van der Waals surface area (Å²) in [6.07, 6.45) is 4.42. The van der Waals surface area contributed by atoms with E-state index in [1.54, 1.807) is 12.1 Å². The zero-order chi connectivity index (χ0) is 17.4. The lowest BCUT2D eigenvalue weighted by Gasteiger charge is -2.33. The normalized spacial score (nSPS) is 17.5. The second kappa shape index (κ2) is 9.30. The number of hydrogen-bond donors (Lipinski definition) is 2. The van der Waals surface area contributed by atoms with Crippen LogP contribution in [0.3, 0.4) is 0 Å². The van der Waals surface area contributed by atoms with Gasteiger partial charge in [0.1, 0.15) is 5.75 Å². The molecule has 1 aliphatic heterocycles. The topological polar surface area (TPSA) is 69.6 Å². The molecule has 2 amide bonds. The van der Waals surface area contributed by atoms with Crippen LogP contribution in [0.15, 0.2) is 24.3 Å². The van der Waals surface area contributed by atoms with Crippen LogP contribution in [0.4, 0.5) is 0 Å². The van der Waals surface area contributed by atoms with Crippen molar-refractivity contribution in [1.82, 2.24) is 10.2 Å². The third-order valence-corrected chi connectivity index (χ3v) is 4.54. The van der Waals surface area contributed by atoms with Crippen molar-refractivity contribution in [3.05, 3.63) is 29.8 Å². The van der Waals surface area contributed by atoms with Gasteiger partial charge < -0.3 is 15.3 Å². The fraction of sp³-hybridized carbons (Fsp3) is 0.579. The number of aromatic hydroxyl groups is 1. The lowest BCUT2D eigenvalue weighted by atomic mass is 9.97. The Morgan fingerprint density at radius 1 is 1.29 bits per heavy atom. The van der Waals surface area contributed by atoms with E-state index in [9.17, 15) is 14.7 Å². The molecule has 1 aliphatic rings. The summed E-state index contributed by atoms with van der Waals surface area (Å²) in [6.45, 7) is 4.15. The number of rotatable bonds is 7. The van der Waals surface area contributed by atoms with Gasteiger partial charge in [-0.3, -0.25) is 9.59 Å². The van der Waals surface area contributed by atoms with Crippen LogP contribution in [0.2, 0.25) is 0 Å². The Labute approximate surface area is 144 Å². The zero-order valence-electron chi connectivity index (χ0n) is 14.5. The van der Waals surface area contributed by atoms with E-state index in [4.69, 9.17) is 0 Å². The molecule has 2 rings (SSSR count). The molecule has 1 atom stereocenters. The van der Waals surface area contributed by atoms with E-state index >= 15 is 0 Å². The van der Waals surface area contributed by atoms with Gasteiger partial charge in [-0.05, 0) is 43.2 Å². The molecule has 1 heterocycles. The average Bonchev–Trinajstić information content (AvgIpc) is 2.59. The van der Waals surface area contributed by atoms with Gasteiger partial charge in [0.05, 0.1) is 0 Å². The number of benzene rings is 1. The molecule has 1 aromatic carbocycles. The van der Waals surface area contributed by atoms with Gasteiger partial charge in [0.2, 0.25) is 11.8 Å². The molecule has 1 fully saturated rings. The summed E-state index contributed by atoms with van der Waals surface area (Å²) < 4.78 is 0. The van der Waals surface area contributed by atoms with Gasteiger partial charge in [0.15, 0.2) is 0 Å². The number of phenols is 1. The second-order valence-corrected chi connectivity index (χ2v) is 6.53. The first-order valence-electron chi connectivity index (χ1n) is 8.91. The lowest BCUT2D eigenvalue weighted by Crippen LogP contribution is -2.43. The Morgan fingerprint density at radius 2 is 2.08 bits per heavy atom. The zero-order valence-corrected chi connectivity index (χ0v) is 14.5. The standard InChI is InChI=1S/C19H28N2O3/c1-2-6-18(23)20-13-15-7-5-12-21(14-15)19(24)11-10-16-8-3-4-9-17(16)22/h3-4,8-9,15,22H,2,5-7,10-14H2,1H3,(H,20,23)/t15-/m1/s1. The van der Waals surface area contributed by atoms with E-state index in [-0.39, 0.29) is 17.6 Å². The van der Waals surface area contributed by atoms with Crippen LogP contribution >= 0.6 is 0 Å². The highest BCUT2D eigenvalue weighted by atomic mass is 16.3. The Bertz CT molecular complexity index is 559. The van der Waals surface area contributed by atoms with E-state index in [2.05, 4.69) is 5.32 Å². The second-order valence-electron chi connectivity index (χ2n) is 6.53. The van der Waals surface area contributed by atoms with Crippen molar-refractivity contribution in [3.63, 3.8) is 0 Å². The van der Waals surface area contributed by atoms with Crippen LogP contribution in [0.1, 0.15) is 44.6 Å². The van der Waals surface area contributed by atoms with Crippen molar-refractivity contribution >= 4 is 11.8 Å². The van der Waals surface area contributed by atoms with Gasteiger partial charge in [0, 0.05) is 32.5 Å². The summed E-state index contributed by atoms with van der Waals surface area (Å²) in [4.78, 5) is 25.9. The molecule has 1 saturated heterocycles. The van der Waals surface area contributed by atoms with Crippen LogP contribution in [0.25, 0.3) is 0 Å². The molecule has 5 heteroatoms. The molecule has 5 nitrogen and oxygen atoms in total. The smallest absolute Gasteiger partial charge is 0.222 e. The number of nitrogens with zero attached hydrogens (tertiary/aromatic N) is 1. The van der Waals surface area contributed by atoms with E-state index < -0.39 is 0 Å². The fourth-order valence-corrected chi connectivity index (χ4v) is 3.15. The quantitative estimate of drug-likeness (QED) is 0.806. The minimum atomic E-state index is 0.0977.